The first-order chi connectivity index (χ1) is 15.4. The molecule has 32 heavy (non-hydrogen) atoms. The van der Waals surface area contributed by atoms with Crippen molar-refractivity contribution in [3.8, 4) is 5.75 Å². The Morgan fingerprint density at radius 1 is 1.16 bits per heavy atom. The Hall–Kier alpha value is -3.81. The Morgan fingerprint density at radius 3 is 2.59 bits per heavy atom. The first-order valence-electron chi connectivity index (χ1n) is 10.5. The van der Waals surface area contributed by atoms with E-state index in [1.165, 1.54) is 4.90 Å². The molecule has 1 fully saturated rings. The van der Waals surface area contributed by atoms with Crippen LogP contribution >= 0.6 is 0 Å². The molecule has 1 atom stereocenters. The lowest BCUT2D eigenvalue weighted by Crippen LogP contribution is -2.49. The predicted molar refractivity (Wildman–Crippen MR) is 118 cm³/mol. The number of esters is 1. The summed E-state index contributed by atoms with van der Waals surface area (Å²) in [5, 5.41) is 0.998. The van der Waals surface area contributed by atoms with E-state index in [2.05, 4.69) is 4.98 Å². The van der Waals surface area contributed by atoms with Crippen LogP contribution in [0.2, 0.25) is 0 Å². The van der Waals surface area contributed by atoms with Gasteiger partial charge in [0.15, 0.2) is 5.54 Å². The number of carbonyl (C=O) groups is 3. The minimum atomic E-state index is -1.14. The number of aromatic nitrogens is 1. The van der Waals surface area contributed by atoms with Crippen molar-refractivity contribution in [1.82, 2.24) is 9.88 Å². The third kappa shape index (κ3) is 2.65. The number of H-pyrrole nitrogens is 1. The minimum Gasteiger partial charge on any atom is -0.497 e. The molecule has 0 aliphatic carbocycles. The van der Waals surface area contributed by atoms with Gasteiger partial charge in [-0.25, -0.2) is 14.5 Å². The highest BCUT2D eigenvalue weighted by Crippen LogP contribution is 2.45. The van der Waals surface area contributed by atoms with Gasteiger partial charge in [0.2, 0.25) is 0 Å². The molecule has 0 spiro atoms. The smallest absolute Gasteiger partial charge is 0.338 e. The lowest BCUT2D eigenvalue weighted by molar-refractivity contribution is -0.125. The summed E-state index contributed by atoms with van der Waals surface area (Å²) in [6.07, 6.45) is 0.632. The number of urea groups is 1. The van der Waals surface area contributed by atoms with Crippen molar-refractivity contribution in [1.29, 1.82) is 0 Å². The van der Waals surface area contributed by atoms with Crippen LogP contribution in [0, 0.1) is 0 Å². The van der Waals surface area contributed by atoms with Gasteiger partial charge < -0.3 is 19.4 Å². The summed E-state index contributed by atoms with van der Waals surface area (Å²) in [6, 6.07) is 11.7. The lowest BCUT2D eigenvalue weighted by Gasteiger charge is -2.35. The van der Waals surface area contributed by atoms with E-state index in [9.17, 15) is 14.4 Å². The number of imide groups is 1. The van der Waals surface area contributed by atoms with E-state index in [0.717, 1.165) is 27.9 Å². The Morgan fingerprint density at radius 2 is 1.91 bits per heavy atom. The van der Waals surface area contributed by atoms with Gasteiger partial charge in [-0.2, -0.15) is 0 Å². The average Bonchev–Trinajstić information content (AvgIpc) is 3.27. The van der Waals surface area contributed by atoms with Crippen LogP contribution in [0.1, 0.15) is 35.5 Å². The van der Waals surface area contributed by atoms with E-state index in [4.69, 9.17) is 9.47 Å². The van der Waals surface area contributed by atoms with Crippen LogP contribution in [0.5, 0.6) is 5.75 Å². The fourth-order valence-corrected chi connectivity index (χ4v) is 4.73. The molecule has 2 aliphatic rings. The van der Waals surface area contributed by atoms with E-state index < -0.39 is 11.5 Å². The van der Waals surface area contributed by atoms with Crippen LogP contribution in [0.25, 0.3) is 10.9 Å². The summed E-state index contributed by atoms with van der Waals surface area (Å²) < 4.78 is 10.4. The number of hydrogen-bond donors (Lipinski definition) is 1. The molecule has 0 unspecified atom stereocenters. The number of rotatable bonds is 4. The fourth-order valence-electron chi connectivity index (χ4n) is 4.73. The van der Waals surface area contributed by atoms with Crippen LogP contribution in [0.15, 0.2) is 42.5 Å². The molecule has 3 heterocycles. The third-order valence-corrected chi connectivity index (χ3v) is 6.40. The van der Waals surface area contributed by atoms with Gasteiger partial charge in [0, 0.05) is 17.4 Å². The highest BCUT2D eigenvalue weighted by Gasteiger charge is 2.59. The zero-order valence-corrected chi connectivity index (χ0v) is 18.1. The van der Waals surface area contributed by atoms with E-state index in [-0.39, 0.29) is 18.5 Å². The van der Waals surface area contributed by atoms with E-state index >= 15 is 0 Å². The highest BCUT2D eigenvalue weighted by molar-refractivity contribution is 6.23. The molecule has 8 nitrogen and oxygen atoms in total. The Kier molecular flexibility index (Phi) is 4.47. The number of methoxy groups -OCH3 is 1. The van der Waals surface area contributed by atoms with Crippen molar-refractivity contribution in [3.63, 3.8) is 0 Å². The summed E-state index contributed by atoms with van der Waals surface area (Å²) in [6.45, 7) is 4.22. The van der Waals surface area contributed by atoms with Gasteiger partial charge in [-0.05, 0) is 68.3 Å². The number of carbonyl (C=O) groups excluding carboxylic acids is 3. The number of benzene rings is 2. The molecule has 0 radical (unpaired) electrons. The number of aromatic amines is 1. The van der Waals surface area contributed by atoms with Crippen LogP contribution in [0.4, 0.5) is 10.5 Å². The van der Waals surface area contributed by atoms with Crippen LogP contribution < -0.4 is 9.64 Å². The Balaban J connectivity index is 1.56. The number of fused-ring (bicyclic) bond motifs is 5. The lowest BCUT2D eigenvalue weighted by atomic mass is 9.87. The Bertz CT molecular complexity index is 1260. The number of amides is 3. The predicted octanol–water partition coefficient (Wildman–Crippen LogP) is 3.59. The molecule has 1 saturated heterocycles. The first-order valence-corrected chi connectivity index (χ1v) is 10.5. The van der Waals surface area contributed by atoms with Gasteiger partial charge in [0.05, 0.1) is 30.7 Å². The molecular formula is C24H23N3O5. The van der Waals surface area contributed by atoms with Gasteiger partial charge in [0.1, 0.15) is 5.75 Å². The Labute approximate surface area is 184 Å². The topological polar surface area (TPSA) is 91.9 Å². The molecule has 164 valence electrons. The van der Waals surface area contributed by atoms with E-state index in [0.29, 0.717) is 24.2 Å². The largest absolute Gasteiger partial charge is 0.497 e. The number of anilines is 1. The highest BCUT2D eigenvalue weighted by atomic mass is 16.5. The third-order valence-electron chi connectivity index (χ3n) is 6.40. The maximum absolute atomic E-state index is 13.7. The standard InChI is InChI=1S/C24H23N3O5/c1-4-32-21(28)14-5-7-15(8-6-14)27-22(29)24(2)20-17(11-12-26(24)23(27)30)18-13-16(31-3)9-10-19(18)25-20/h5-10,13,25H,4,11-12H2,1-3H3/t24-/m0/s1. The van der Waals surface area contributed by atoms with Crippen molar-refractivity contribution in [2.45, 2.75) is 25.8 Å². The normalized spacial score (nSPS) is 19.8. The summed E-state index contributed by atoms with van der Waals surface area (Å²) in [4.78, 5) is 45.1. The van der Waals surface area contributed by atoms with Crippen molar-refractivity contribution in [2.75, 3.05) is 25.2 Å². The fraction of sp³-hybridized carbons (Fsp3) is 0.292. The van der Waals surface area contributed by atoms with Crippen molar-refractivity contribution in [2.24, 2.45) is 0 Å². The summed E-state index contributed by atoms with van der Waals surface area (Å²) >= 11 is 0. The molecule has 5 rings (SSSR count). The zero-order valence-electron chi connectivity index (χ0n) is 18.1. The van der Waals surface area contributed by atoms with Crippen LogP contribution in [-0.2, 0) is 21.5 Å². The van der Waals surface area contributed by atoms with Gasteiger partial charge in [-0.1, -0.05) is 0 Å². The van der Waals surface area contributed by atoms with E-state index in [1.807, 2.05) is 18.2 Å². The molecule has 2 aliphatic heterocycles. The molecule has 3 amide bonds. The maximum Gasteiger partial charge on any atom is 0.338 e. The van der Waals surface area contributed by atoms with Gasteiger partial charge in [-0.15, -0.1) is 0 Å². The summed E-state index contributed by atoms with van der Waals surface area (Å²) in [7, 11) is 1.62. The minimum absolute atomic E-state index is 0.274. The maximum atomic E-state index is 13.7. The number of nitrogens with zero attached hydrogens (tertiary/aromatic N) is 2. The number of ether oxygens (including phenoxy) is 2. The monoisotopic (exact) mass is 433 g/mol. The molecule has 2 aromatic carbocycles. The molecule has 3 aromatic rings. The summed E-state index contributed by atoms with van der Waals surface area (Å²) in [5.74, 6) is -0.0319. The molecule has 1 N–H and O–H groups in total. The quantitative estimate of drug-likeness (QED) is 0.501. The second-order valence-corrected chi connectivity index (χ2v) is 8.05. The molecule has 0 bridgehead atoms. The number of hydrogen-bond acceptors (Lipinski definition) is 5. The average molecular weight is 433 g/mol. The molecule has 1 aromatic heterocycles. The second kappa shape index (κ2) is 7.12. The van der Waals surface area contributed by atoms with Crippen molar-refractivity contribution < 1.29 is 23.9 Å². The van der Waals surface area contributed by atoms with Gasteiger partial charge in [0.25, 0.3) is 5.91 Å². The summed E-state index contributed by atoms with van der Waals surface area (Å²) in [5.41, 5.74) is 2.30. The SMILES string of the molecule is CCOC(=O)c1ccc(N2C(=O)N3CCc4c([nH]c5ccc(OC)cc45)[C@@]3(C)C2=O)cc1. The number of nitrogens with one attached hydrogen (secondary N) is 1. The molecule has 8 heteroatoms. The first kappa shape index (κ1) is 20.1. The van der Waals surface area contributed by atoms with Crippen LogP contribution in [-0.4, -0.2) is 48.1 Å². The molecular weight excluding hydrogens is 410 g/mol. The van der Waals surface area contributed by atoms with Crippen molar-refractivity contribution in [3.05, 3.63) is 59.3 Å². The van der Waals surface area contributed by atoms with E-state index in [1.54, 1.807) is 50.1 Å². The van der Waals surface area contributed by atoms with Gasteiger partial charge in [-0.3, -0.25) is 4.79 Å². The second-order valence-electron chi connectivity index (χ2n) is 8.05. The zero-order chi connectivity index (χ0) is 22.6. The van der Waals surface area contributed by atoms with Gasteiger partial charge >= 0.3 is 12.0 Å². The van der Waals surface area contributed by atoms with Crippen molar-refractivity contribution >= 4 is 34.5 Å². The molecule has 0 saturated carbocycles. The van der Waals surface area contributed by atoms with Crippen LogP contribution in [0.3, 0.4) is 0 Å².